The molecule has 0 radical (unpaired) electrons. The monoisotopic (exact) mass is 390 g/mol. The molecule has 0 saturated carbocycles. The fraction of sp³-hybridized carbons (Fsp3) is 0.409. The van der Waals surface area contributed by atoms with Crippen LogP contribution in [0.15, 0.2) is 35.1 Å². The Morgan fingerprint density at radius 2 is 1.62 bits per heavy atom. The number of rotatable bonds is 4. The lowest BCUT2D eigenvalue weighted by Crippen LogP contribution is -2.42. The van der Waals surface area contributed by atoms with Crippen molar-refractivity contribution in [3.8, 4) is 35.5 Å². The summed E-state index contributed by atoms with van der Waals surface area (Å²) >= 11 is 0. The summed E-state index contributed by atoms with van der Waals surface area (Å²) in [5, 5.41) is 30.0. The van der Waals surface area contributed by atoms with Crippen LogP contribution < -0.4 is 19.9 Å². The molecule has 0 fully saturated rings. The summed E-state index contributed by atoms with van der Waals surface area (Å²) in [6.07, 6.45) is 4.45. The Labute approximate surface area is 170 Å². The molecule has 7 heteroatoms. The Morgan fingerprint density at radius 3 is 2.17 bits per heavy atom. The maximum Gasteiger partial charge on any atom is 0.191 e. The minimum Gasteiger partial charge on any atom is -0.496 e. The molecule has 2 unspecified atom stereocenters. The van der Waals surface area contributed by atoms with E-state index in [9.17, 15) is 15.8 Å². The van der Waals surface area contributed by atoms with Crippen molar-refractivity contribution < 1.29 is 14.2 Å². The predicted molar refractivity (Wildman–Crippen MR) is 105 cm³/mol. The van der Waals surface area contributed by atoms with E-state index in [-0.39, 0.29) is 17.2 Å². The molecule has 0 spiro atoms. The summed E-state index contributed by atoms with van der Waals surface area (Å²) in [5.74, 6) is 0.584. The highest BCUT2D eigenvalue weighted by atomic mass is 16.5. The maximum atomic E-state index is 10.1. The molecule has 7 nitrogen and oxygen atoms in total. The van der Waals surface area contributed by atoms with Crippen molar-refractivity contribution in [2.75, 3.05) is 21.3 Å². The van der Waals surface area contributed by atoms with Gasteiger partial charge in [-0.15, -0.1) is 0 Å². The van der Waals surface area contributed by atoms with Crippen molar-refractivity contribution in [2.45, 2.75) is 25.2 Å². The van der Waals surface area contributed by atoms with Crippen LogP contribution in [-0.2, 0) is 0 Å². The quantitative estimate of drug-likeness (QED) is 0.836. The molecule has 2 aliphatic rings. The number of nitriles is 3. The first-order valence-corrected chi connectivity index (χ1v) is 9.26. The van der Waals surface area contributed by atoms with Gasteiger partial charge in [-0.3, -0.25) is 0 Å². The predicted octanol–water partition coefficient (Wildman–Crippen LogP) is 3.31. The fourth-order valence-electron chi connectivity index (χ4n) is 4.51. The molecule has 2 N–H and O–H groups in total. The molecule has 0 heterocycles. The summed E-state index contributed by atoms with van der Waals surface area (Å²) in [7, 11) is 4.56. The van der Waals surface area contributed by atoms with E-state index in [2.05, 4.69) is 18.2 Å². The lowest BCUT2D eigenvalue weighted by molar-refractivity contribution is 0.300. The van der Waals surface area contributed by atoms with Crippen LogP contribution in [-0.4, -0.2) is 21.3 Å². The molecule has 148 valence electrons. The van der Waals surface area contributed by atoms with Gasteiger partial charge in [0.05, 0.1) is 44.7 Å². The van der Waals surface area contributed by atoms with E-state index in [1.54, 1.807) is 12.1 Å². The topological polar surface area (TPSA) is 125 Å². The molecule has 0 amide bonds. The molecule has 0 aliphatic heterocycles. The maximum absolute atomic E-state index is 10.1. The first-order chi connectivity index (χ1) is 14.0. The van der Waals surface area contributed by atoms with E-state index in [1.807, 2.05) is 6.08 Å². The van der Waals surface area contributed by atoms with Crippen molar-refractivity contribution >= 4 is 0 Å². The van der Waals surface area contributed by atoms with Crippen LogP contribution in [0.2, 0.25) is 0 Å². The molecular formula is C22H22N4O3. The lowest BCUT2D eigenvalue weighted by atomic mass is 9.56. The van der Waals surface area contributed by atoms with Gasteiger partial charge in [-0.25, -0.2) is 0 Å². The molecule has 2 aliphatic carbocycles. The number of fused-ring (bicyclic) bond motifs is 1. The summed E-state index contributed by atoms with van der Waals surface area (Å²) in [6, 6.07) is 9.81. The van der Waals surface area contributed by atoms with Crippen molar-refractivity contribution in [3.63, 3.8) is 0 Å². The van der Waals surface area contributed by atoms with Crippen molar-refractivity contribution in [1.29, 1.82) is 15.8 Å². The Bertz CT molecular complexity index is 1010. The highest BCUT2D eigenvalue weighted by molar-refractivity contribution is 5.62. The first kappa shape index (κ1) is 20.1. The molecule has 0 saturated heterocycles. The first-order valence-electron chi connectivity index (χ1n) is 9.26. The zero-order valence-corrected chi connectivity index (χ0v) is 16.7. The standard InChI is InChI=1S/C22H22N4O3/c1-27-17-9-19(29-3)18(28-2)8-15(17)20-14-7-5-4-6-13(14)16(10-23)21(26)22(20,11-24)12-25/h6,8-9,14,20H,4-5,7,26H2,1-3H3. The minimum atomic E-state index is -1.70. The van der Waals surface area contributed by atoms with Gasteiger partial charge in [0.15, 0.2) is 16.9 Å². The number of nitrogens with zero attached hydrogens (tertiary/aromatic N) is 3. The van der Waals surface area contributed by atoms with Gasteiger partial charge in [0.2, 0.25) is 0 Å². The van der Waals surface area contributed by atoms with E-state index in [4.69, 9.17) is 19.9 Å². The van der Waals surface area contributed by atoms with Gasteiger partial charge >= 0.3 is 0 Å². The summed E-state index contributed by atoms with van der Waals surface area (Å²) in [4.78, 5) is 0. The Balaban J connectivity index is 2.39. The van der Waals surface area contributed by atoms with Crippen LogP contribution in [0.4, 0.5) is 0 Å². The van der Waals surface area contributed by atoms with Crippen LogP contribution >= 0.6 is 0 Å². The van der Waals surface area contributed by atoms with Crippen molar-refractivity contribution in [3.05, 3.63) is 40.6 Å². The third kappa shape index (κ3) is 2.85. The SMILES string of the molecule is COc1cc(OC)c(C2C3CCCC=C3C(C#N)=C(N)C2(C#N)C#N)cc1OC. The van der Waals surface area contributed by atoms with E-state index in [0.29, 0.717) is 22.8 Å². The lowest BCUT2D eigenvalue weighted by Gasteiger charge is -2.43. The number of hydrogen-bond donors (Lipinski definition) is 1. The molecule has 29 heavy (non-hydrogen) atoms. The smallest absolute Gasteiger partial charge is 0.191 e. The fourth-order valence-corrected chi connectivity index (χ4v) is 4.51. The van der Waals surface area contributed by atoms with Gasteiger partial charge < -0.3 is 19.9 Å². The number of hydrogen-bond acceptors (Lipinski definition) is 7. The largest absolute Gasteiger partial charge is 0.496 e. The van der Waals surface area contributed by atoms with E-state index in [1.165, 1.54) is 21.3 Å². The average Bonchev–Trinajstić information content (AvgIpc) is 2.77. The van der Waals surface area contributed by atoms with Gasteiger partial charge in [-0.2, -0.15) is 15.8 Å². The molecular weight excluding hydrogens is 368 g/mol. The Hall–Kier alpha value is -3.63. The zero-order chi connectivity index (χ0) is 21.2. The normalized spacial score (nSPS) is 22.3. The van der Waals surface area contributed by atoms with Gasteiger partial charge in [0.25, 0.3) is 0 Å². The molecule has 0 aromatic heterocycles. The molecule has 0 bridgehead atoms. The zero-order valence-electron chi connectivity index (χ0n) is 16.7. The molecule has 3 rings (SSSR count). The van der Waals surface area contributed by atoms with Crippen LogP contribution in [0.1, 0.15) is 30.7 Å². The van der Waals surface area contributed by atoms with E-state index in [0.717, 1.165) is 24.8 Å². The molecule has 1 aromatic carbocycles. The van der Waals surface area contributed by atoms with Crippen molar-refractivity contribution in [2.24, 2.45) is 17.1 Å². The van der Waals surface area contributed by atoms with Crippen LogP contribution in [0.3, 0.4) is 0 Å². The Morgan fingerprint density at radius 1 is 1.00 bits per heavy atom. The van der Waals surface area contributed by atoms with Crippen LogP contribution in [0.25, 0.3) is 0 Å². The number of ether oxygens (including phenoxy) is 3. The van der Waals surface area contributed by atoms with Gasteiger partial charge in [0, 0.05) is 17.5 Å². The third-order valence-electron chi connectivity index (χ3n) is 5.87. The van der Waals surface area contributed by atoms with E-state index < -0.39 is 11.3 Å². The highest BCUT2D eigenvalue weighted by Gasteiger charge is 2.54. The summed E-state index contributed by atoms with van der Waals surface area (Å²) < 4.78 is 16.4. The number of methoxy groups -OCH3 is 3. The number of nitrogens with two attached hydrogens (primary N) is 1. The van der Waals surface area contributed by atoms with E-state index >= 15 is 0 Å². The van der Waals surface area contributed by atoms with Crippen LogP contribution in [0, 0.1) is 45.3 Å². The van der Waals surface area contributed by atoms with Crippen molar-refractivity contribution in [1.82, 2.24) is 0 Å². The average molecular weight is 390 g/mol. The van der Waals surface area contributed by atoms with Gasteiger partial charge in [-0.1, -0.05) is 6.08 Å². The molecule has 1 aromatic rings. The van der Waals surface area contributed by atoms with Crippen LogP contribution in [0.5, 0.6) is 17.2 Å². The number of allylic oxidation sites excluding steroid dienone is 4. The van der Waals surface area contributed by atoms with Gasteiger partial charge in [-0.05, 0) is 36.8 Å². The number of benzene rings is 1. The highest BCUT2D eigenvalue weighted by Crippen LogP contribution is 2.58. The summed E-state index contributed by atoms with van der Waals surface area (Å²) in [6.45, 7) is 0. The second kappa shape index (κ2) is 7.78. The second-order valence-electron chi connectivity index (χ2n) is 7.06. The summed E-state index contributed by atoms with van der Waals surface area (Å²) in [5.41, 5.74) is 6.30. The Kier molecular flexibility index (Phi) is 5.39. The second-order valence-corrected chi connectivity index (χ2v) is 7.06. The third-order valence-corrected chi connectivity index (χ3v) is 5.87. The minimum absolute atomic E-state index is 0.00348. The van der Waals surface area contributed by atoms with Gasteiger partial charge in [0.1, 0.15) is 11.8 Å². The molecule has 2 atom stereocenters.